The van der Waals surface area contributed by atoms with Crippen molar-refractivity contribution in [1.29, 1.82) is 0 Å². The van der Waals surface area contributed by atoms with Gasteiger partial charge in [-0.3, -0.25) is 0 Å². The molecule has 1 saturated heterocycles. The summed E-state index contributed by atoms with van der Waals surface area (Å²) in [5.41, 5.74) is 3.10. The Morgan fingerprint density at radius 3 is 2.40 bits per heavy atom. The number of rotatable bonds is 3. The number of piperazine rings is 1. The van der Waals surface area contributed by atoms with E-state index in [2.05, 4.69) is 10.2 Å². The Kier molecular flexibility index (Phi) is 4.86. The van der Waals surface area contributed by atoms with Gasteiger partial charge in [0, 0.05) is 36.8 Å². The van der Waals surface area contributed by atoms with E-state index in [1.165, 1.54) is 0 Å². The first-order chi connectivity index (χ1) is 9.37. The summed E-state index contributed by atoms with van der Waals surface area (Å²) in [7, 11) is 0. The normalized spacial score (nSPS) is 16.6. The van der Waals surface area contributed by atoms with Gasteiger partial charge in [0.25, 0.3) is 0 Å². The highest BCUT2D eigenvalue weighted by molar-refractivity contribution is 7.99. The van der Waals surface area contributed by atoms with Crippen LogP contribution in [-0.2, 0) is 0 Å². The Hall–Kier alpha value is -0.880. The lowest BCUT2D eigenvalue weighted by Gasteiger charge is -2.31. The van der Waals surface area contributed by atoms with Crippen molar-refractivity contribution in [3.05, 3.63) is 23.3 Å². The molecule has 0 bridgehead atoms. The molecule has 0 spiro atoms. The second-order valence-corrected chi connectivity index (χ2v) is 6.06. The molecule has 1 aliphatic heterocycles. The number of hydrogen-bond donors (Lipinski definition) is 1. The zero-order chi connectivity index (χ0) is 14.8. The number of nitrogens with zero attached hydrogens (tertiary/aromatic N) is 1. The standard InChI is InChI=1S/C14H19F3N2S/c1-10-7-11(2)13(20-9-14(15,16)17)8-12(10)19-5-3-18-4-6-19/h7-8,18H,3-6,9H2,1-2H3. The van der Waals surface area contributed by atoms with E-state index in [0.717, 1.165) is 59.7 Å². The van der Waals surface area contributed by atoms with E-state index in [-0.39, 0.29) is 0 Å². The quantitative estimate of drug-likeness (QED) is 0.862. The van der Waals surface area contributed by atoms with Gasteiger partial charge < -0.3 is 10.2 Å². The van der Waals surface area contributed by atoms with Crippen LogP contribution in [0.25, 0.3) is 0 Å². The Morgan fingerprint density at radius 1 is 1.15 bits per heavy atom. The smallest absolute Gasteiger partial charge is 0.369 e. The molecule has 6 heteroatoms. The van der Waals surface area contributed by atoms with Crippen molar-refractivity contribution < 1.29 is 13.2 Å². The molecule has 2 rings (SSSR count). The lowest BCUT2D eigenvalue weighted by atomic mass is 10.1. The number of alkyl halides is 3. The Labute approximate surface area is 121 Å². The number of nitrogens with one attached hydrogen (secondary N) is 1. The molecule has 1 aromatic carbocycles. The first kappa shape index (κ1) is 15.5. The summed E-state index contributed by atoms with van der Waals surface area (Å²) in [5, 5.41) is 3.28. The Bertz CT molecular complexity index is 468. The molecule has 0 aliphatic carbocycles. The maximum Gasteiger partial charge on any atom is 0.398 e. The molecule has 2 nitrogen and oxygen atoms in total. The summed E-state index contributed by atoms with van der Waals surface area (Å²) < 4.78 is 37.1. The maximum atomic E-state index is 12.4. The van der Waals surface area contributed by atoms with Crippen molar-refractivity contribution in [2.75, 3.05) is 36.8 Å². The predicted octanol–water partition coefficient (Wildman–Crippen LogP) is 3.37. The van der Waals surface area contributed by atoms with Crippen LogP contribution in [0.1, 0.15) is 11.1 Å². The second-order valence-electron chi connectivity index (χ2n) is 5.05. The van der Waals surface area contributed by atoms with Crippen LogP contribution < -0.4 is 10.2 Å². The summed E-state index contributed by atoms with van der Waals surface area (Å²) >= 11 is 0.874. The Balaban J connectivity index is 2.20. The van der Waals surface area contributed by atoms with E-state index in [9.17, 15) is 13.2 Å². The molecule has 1 aliphatic rings. The van der Waals surface area contributed by atoms with Crippen LogP contribution in [0.15, 0.2) is 17.0 Å². The third-order valence-electron chi connectivity index (χ3n) is 3.34. The van der Waals surface area contributed by atoms with Crippen LogP contribution in [0.3, 0.4) is 0 Å². The van der Waals surface area contributed by atoms with Crippen molar-refractivity contribution in [1.82, 2.24) is 5.32 Å². The van der Waals surface area contributed by atoms with Gasteiger partial charge in [-0.15, -0.1) is 11.8 Å². The molecule has 1 fully saturated rings. The van der Waals surface area contributed by atoms with Gasteiger partial charge in [-0.2, -0.15) is 13.2 Å². The van der Waals surface area contributed by atoms with Crippen LogP contribution in [0.4, 0.5) is 18.9 Å². The van der Waals surface area contributed by atoms with Crippen LogP contribution in [0.2, 0.25) is 0 Å². The molecular formula is C14H19F3N2S. The van der Waals surface area contributed by atoms with Crippen molar-refractivity contribution in [3.8, 4) is 0 Å². The lowest BCUT2D eigenvalue weighted by molar-refractivity contribution is -0.105. The summed E-state index contributed by atoms with van der Waals surface area (Å²) in [6.07, 6.45) is -4.13. The van der Waals surface area contributed by atoms with E-state index in [1.54, 1.807) is 0 Å². The fraction of sp³-hybridized carbons (Fsp3) is 0.571. The average Bonchev–Trinajstić information content (AvgIpc) is 2.37. The molecule has 0 atom stereocenters. The van der Waals surface area contributed by atoms with E-state index in [4.69, 9.17) is 0 Å². The SMILES string of the molecule is Cc1cc(C)c(N2CCNCC2)cc1SCC(F)(F)F. The summed E-state index contributed by atoms with van der Waals surface area (Å²) in [5.74, 6) is -0.835. The molecule has 0 unspecified atom stereocenters. The van der Waals surface area contributed by atoms with Crippen LogP contribution in [0, 0.1) is 13.8 Å². The summed E-state index contributed by atoms with van der Waals surface area (Å²) in [6, 6.07) is 3.89. The van der Waals surface area contributed by atoms with Gasteiger partial charge in [0.05, 0.1) is 5.75 Å². The molecule has 0 amide bonds. The van der Waals surface area contributed by atoms with E-state index >= 15 is 0 Å². The van der Waals surface area contributed by atoms with Crippen molar-refractivity contribution in [2.45, 2.75) is 24.9 Å². The number of aryl methyl sites for hydroxylation is 2. The minimum Gasteiger partial charge on any atom is -0.369 e. The summed E-state index contributed by atoms with van der Waals surface area (Å²) in [4.78, 5) is 2.96. The molecule has 0 saturated carbocycles. The van der Waals surface area contributed by atoms with Gasteiger partial charge in [0.1, 0.15) is 0 Å². The van der Waals surface area contributed by atoms with Gasteiger partial charge in [-0.1, -0.05) is 6.07 Å². The highest BCUT2D eigenvalue weighted by Crippen LogP contribution is 2.34. The zero-order valence-corrected chi connectivity index (χ0v) is 12.5. The Morgan fingerprint density at radius 2 is 1.80 bits per heavy atom. The molecule has 1 heterocycles. The maximum absolute atomic E-state index is 12.4. The van der Waals surface area contributed by atoms with Crippen LogP contribution in [-0.4, -0.2) is 38.1 Å². The number of thioether (sulfide) groups is 1. The van der Waals surface area contributed by atoms with Gasteiger partial charge in [0.2, 0.25) is 0 Å². The van der Waals surface area contributed by atoms with Crippen LogP contribution in [0.5, 0.6) is 0 Å². The first-order valence-corrected chi connectivity index (χ1v) is 7.62. The van der Waals surface area contributed by atoms with Gasteiger partial charge in [-0.05, 0) is 31.0 Å². The number of anilines is 1. The van der Waals surface area contributed by atoms with Crippen molar-refractivity contribution in [3.63, 3.8) is 0 Å². The van der Waals surface area contributed by atoms with Gasteiger partial charge in [-0.25, -0.2) is 0 Å². The van der Waals surface area contributed by atoms with Crippen molar-refractivity contribution >= 4 is 17.4 Å². The molecule has 1 aromatic rings. The van der Waals surface area contributed by atoms with E-state index < -0.39 is 11.9 Å². The first-order valence-electron chi connectivity index (χ1n) is 6.63. The molecule has 20 heavy (non-hydrogen) atoms. The lowest BCUT2D eigenvalue weighted by Crippen LogP contribution is -2.43. The number of hydrogen-bond acceptors (Lipinski definition) is 3. The average molecular weight is 304 g/mol. The fourth-order valence-corrected chi connectivity index (χ4v) is 3.18. The molecule has 0 aromatic heterocycles. The van der Waals surface area contributed by atoms with Gasteiger partial charge in [0.15, 0.2) is 0 Å². The summed E-state index contributed by atoms with van der Waals surface area (Å²) in [6.45, 7) is 7.51. The third kappa shape index (κ3) is 4.06. The van der Waals surface area contributed by atoms with E-state index in [0.29, 0.717) is 0 Å². The monoisotopic (exact) mass is 304 g/mol. The van der Waals surface area contributed by atoms with Crippen LogP contribution >= 0.6 is 11.8 Å². The topological polar surface area (TPSA) is 15.3 Å². The zero-order valence-electron chi connectivity index (χ0n) is 11.7. The second kappa shape index (κ2) is 6.26. The minimum absolute atomic E-state index is 0.724. The molecular weight excluding hydrogens is 285 g/mol. The van der Waals surface area contributed by atoms with Gasteiger partial charge >= 0.3 is 6.18 Å². The minimum atomic E-state index is -4.13. The number of halogens is 3. The fourth-order valence-electron chi connectivity index (χ4n) is 2.38. The van der Waals surface area contributed by atoms with E-state index in [1.807, 2.05) is 26.0 Å². The molecule has 112 valence electrons. The largest absolute Gasteiger partial charge is 0.398 e. The highest BCUT2D eigenvalue weighted by Gasteiger charge is 2.27. The molecule has 1 N–H and O–H groups in total. The predicted molar refractivity (Wildman–Crippen MR) is 77.8 cm³/mol. The number of benzene rings is 1. The van der Waals surface area contributed by atoms with Crippen molar-refractivity contribution in [2.24, 2.45) is 0 Å². The molecule has 0 radical (unpaired) electrons. The third-order valence-corrected chi connectivity index (χ3v) is 4.57. The highest BCUT2D eigenvalue weighted by atomic mass is 32.2.